The van der Waals surface area contributed by atoms with E-state index in [1.165, 1.54) is 0 Å². The highest BCUT2D eigenvalue weighted by Gasteiger charge is 2.09. The lowest BCUT2D eigenvalue weighted by atomic mass is 10.1. The van der Waals surface area contributed by atoms with E-state index in [0.29, 0.717) is 13.2 Å². The van der Waals surface area contributed by atoms with Crippen molar-refractivity contribution in [3.05, 3.63) is 29.3 Å². The maximum Gasteiger partial charge on any atom is 0.119 e. The summed E-state index contributed by atoms with van der Waals surface area (Å²) < 4.78 is 11.2. The summed E-state index contributed by atoms with van der Waals surface area (Å²) in [5.74, 6) is 6.35. The Morgan fingerprint density at radius 3 is 2.53 bits per heavy atom. The Morgan fingerprint density at radius 2 is 1.95 bits per heavy atom. The summed E-state index contributed by atoms with van der Waals surface area (Å²) in [6.45, 7) is 9.00. The fourth-order valence-corrected chi connectivity index (χ4v) is 1.51. The lowest BCUT2D eigenvalue weighted by Crippen LogP contribution is -2.22. The summed E-state index contributed by atoms with van der Waals surface area (Å²) in [5.41, 5.74) is 1.81. The summed E-state index contributed by atoms with van der Waals surface area (Å²) >= 11 is 0. The first-order valence-corrected chi connectivity index (χ1v) is 6.39. The van der Waals surface area contributed by atoms with Crippen molar-refractivity contribution in [2.24, 2.45) is 0 Å². The molecule has 0 aliphatic rings. The first-order valence-electron chi connectivity index (χ1n) is 6.39. The van der Waals surface area contributed by atoms with Crippen LogP contribution in [0.4, 0.5) is 0 Å². The van der Waals surface area contributed by atoms with E-state index in [0.717, 1.165) is 16.9 Å². The maximum absolute atomic E-state index is 8.67. The lowest BCUT2D eigenvalue weighted by Gasteiger charge is -2.19. The van der Waals surface area contributed by atoms with E-state index in [9.17, 15) is 0 Å². The van der Waals surface area contributed by atoms with Crippen LogP contribution < -0.4 is 4.74 Å². The molecule has 1 aromatic carbocycles. The number of aliphatic hydroxyl groups excluding tert-OH is 1. The Hall–Kier alpha value is -1.50. The number of aliphatic hydroxyl groups is 1. The summed E-state index contributed by atoms with van der Waals surface area (Å²) in [7, 11) is 0. The highest BCUT2D eigenvalue weighted by Crippen LogP contribution is 2.16. The van der Waals surface area contributed by atoms with Crippen LogP contribution in [0.15, 0.2) is 18.2 Å². The molecule has 104 valence electrons. The van der Waals surface area contributed by atoms with Gasteiger partial charge < -0.3 is 14.6 Å². The number of ether oxygens (including phenoxy) is 2. The van der Waals surface area contributed by atoms with E-state index in [2.05, 4.69) is 11.8 Å². The van der Waals surface area contributed by atoms with Crippen molar-refractivity contribution in [1.82, 2.24) is 0 Å². The van der Waals surface area contributed by atoms with E-state index in [1.54, 1.807) is 0 Å². The minimum Gasteiger partial charge on any atom is -0.491 e. The van der Waals surface area contributed by atoms with E-state index in [1.807, 2.05) is 45.9 Å². The topological polar surface area (TPSA) is 38.7 Å². The zero-order valence-corrected chi connectivity index (χ0v) is 12.1. The van der Waals surface area contributed by atoms with E-state index >= 15 is 0 Å². The van der Waals surface area contributed by atoms with Gasteiger partial charge in [0.15, 0.2) is 0 Å². The van der Waals surface area contributed by atoms with Gasteiger partial charge >= 0.3 is 0 Å². The van der Waals surface area contributed by atoms with E-state index in [4.69, 9.17) is 14.6 Å². The Kier molecular flexibility index (Phi) is 5.88. The zero-order valence-electron chi connectivity index (χ0n) is 12.1. The van der Waals surface area contributed by atoms with Gasteiger partial charge in [0.25, 0.3) is 0 Å². The van der Waals surface area contributed by atoms with Crippen molar-refractivity contribution in [2.45, 2.75) is 33.3 Å². The molecule has 0 atom stereocenters. The van der Waals surface area contributed by atoms with Gasteiger partial charge in [-0.1, -0.05) is 11.8 Å². The minimum absolute atomic E-state index is 0.123. The second-order valence-electron chi connectivity index (χ2n) is 5.25. The largest absolute Gasteiger partial charge is 0.491 e. The highest BCUT2D eigenvalue weighted by molar-refractivity contribution is 5.44. The van der Waals surface area contributed by atoms with Crippen LogP contribution in [0.1, 0.15) is 31.9 Å². The quantitative estimate of drug-likeness (QED) is 0.669. The molecule has 1 N–H and O–H groups in total. The number of benzene rings is 1. The van der Waals surface area contributed by atoms with Gasteiger partial charge in [0.2, 0.25) is 0 Å². The molecule has 0 heterocycles. The Bertz CT molecular complexity index is 461. The Balaban J connectivity index is 2.50. The van der Waals surface area contributed by atoms with Crippen molar-refractivity contribution >= 4 is 0 Å². The fourth-order valence-electron chi connectivity index (χ4n) is 1.51. The van der Waals surface area contributed by atoms with Gasteiger partial charge in [0, 0.05) is 5.56 Å². The molecule has 0 saturated carbocycles. The summed E-state index contributed by atoms with van der Waals surface area (Å²) in [4.78, 5) is 0. The zero-order chi connectivity index (χ0) is 14.3. The third-order valence-corrected chi connectivity index (χ3v) is 2.39. The van der Waals surface area contributed by atoms with Crippen molar-refractivity contribution in [3.63, 3.8) is 0 Å². The fraction of sp³-hybridized carbons (Fsp3) is 0.500. The van der Waals surface area contributed by atoms with Crippen LogP contribution in [0.3, 0.4) is 0 Å². The Morgan fingerprint density at radius 1 is 1.21 bits per heavy atom. The Labute approximate surface area is 115 Å². The number of aryl methyl sites for hydroxylation is 1. The van der Waals surface area contributed by atoms with Crippen LogP contribution in [-0.4, -0.2) is 30.5 Å². The normalized spacial score (nSPS) is 10.8. The van der Waals surface area contributed by atoms with Crippen molar-refractivity contribution < 1.29 is 14.6 Å². The SMILES string of the molecule is Cc1cc(OCCOC(C)(C)C)ccc1C#CCO. The summed E-state index contributed by atoms with van der Waals surface area (Å²) in [6.07, 6.45) is 0. The van der Waals surface area contributed by atoms with Crippen LogP contribution in [0.2, 0.25) is 0 Å². The van der Waals surface area contributed by atoms with Crippen LogP contribution in [-0.2, 0) is 4.74 Å². The first-order chi connectivity index (χ1) is 8.92. The van der Waals surface area contributed by atoms with Crippen molar-refractivity contribution in [1.29, 1.82) is 0 Å². The van der Waals surface area contributed by atoms with Crippen LogP contribution in [0.5, 0.6) is 5.75 Å². The first kappa shape index (κ1) is 15.6. The predicted octanol–water partition coefficient (Wildman–Crippen LogP) is 2.53. The molecular weight excluding hydrogens is 240 g/mol. The third kappa shape index (κ3) is 6.28. The van der Waals surface area contributed by atoms with Crippen LogP contribution in [0.25, 0.3) is 0 Å². The molecule has 0 aliphatic carbocycles. The molecule has 0 saturated heterocycles. The molecule has 1 rings (SSSR count). The summed E-state index contributed by atoms with van der Waals surface area (Å²) in [6, 6.07) is 5.72. The molecular formula is C16H22O3. The molecule has 3 heteroatoms. The monoisotopic (exact) mass is 262 g/mol. The van der Waals surface area contributed by atoms with Gasteiger partial charge in [0.05, 0.1) is 12.2 Å². The molecule has 0 unspecified atom stereocenters. The second kappa shape index (κ2) is 7.18. The molecule has 0 aromatic heterocycles. The predicted molar refractivity (Wildman–Crippen MR) is 76.3 cm³/mol. The van der Waals surface area contributed by atoms with E-state index < -0.39 is 0 Å². The molecule has 0 radical (unpaired) electrons. The standard InChI is InChI=1S/C16H22O3/c1-13-12-15(8-7-14(13)6-5-9-17)18-10-11-19-16(2,3)4/h7-8,12,17H,9-11H2,1-4H3. The van der Waals surface area contributed by atoms with Crippen molar-refractivity contribution in [3.8, 4) is 17.6 Å². The average Bonchev–Trinajstić information content (AvgIpc) is 2.32. The van der Waals surface area contributed by atoms with Crippen molar-refractivity contribution in [2.75, 3.05) is 19.8 Å². The summed E-state index contributed by atoms with van der Waals surface area (Å²) in [5, 5.41) is 8.67. The van der Waals surface area contributed by atoms with Crippen LogP contribution in [0, 0.1) is 18.8 Å². The minimum atomic E-state index is -0.136. The van der Waals surface area contributed by atoms with Gasteiger partial charge in [-0.05, 0) is 51.5 Å². The van der Waals surface area contributed by atoms with E-state index in [-0.39, 0.29) is 12.2 Å². The molecule has 0 aliphatic heterocycles. The molecule has 1 aromatic rings. The highest BCUT2D eigenvalue weighted by atomic mass is 16.5. The molecule has 0 spiro atoms. The molecule has 19 heavy (non-hydrogen) atoms. The van der Waals surface area contributed by atoms with Gasteiger partial charge in [0.1, 0.15) is 19.0 Å². The average molecular weight is 262 g/mol. The van der Waals surface area contributed by atoms with Gasteiger partial charge in [-0.25, -0.2) is 0 Å². The van der Waals surface area contributed by atoms with Gasteiger partial charge in [-0.2, -0.15) is 0 Å². The second-order valence-corrected chi connectivity index (χ2v) is 5.25. The maximum atomic E-state index is 8.67. The molecule has 3 nitrogen and oxygen atoms in total. The third-order valence-electron chi connectivity index (χ3n) is 2.39. The smallest absolute Gasteiger partial charge is 0.119 e. The molecule has 0 amide bonds. The lowest BCUT2D eigenvalue weighted by molar-refractivity contribution is -0.0163. The number of hydrogen-bond acceptors (Lipinski definition) is 3. The van der Waals surface area contributed by atoms with Gasteiger partial charge in [-0.15, -0.1) is 0 Å². The molecule has 0 fully saturated rings. The number of rotatable bonds is 4. The van der Waals surface area contributed by atoms with Crippen LogP contribution >= 0.6 is 0 Å². The van der Waals surface area contributed by atoms with Gasteiger partial charge in [-0.3, -0.25) is 0 Å². The molecule has 0 bridgehead atoms. The number of hydrogen-bond donors (Lipinski definition) is 1.